The molecule has 1 aromatic heterocycles. The maximum atomic E-state index is 3.56. The minimum Gasteiger partial charge on any atom is -0.777 e. The van der Waals surface area contributed by atoms with Crippen LogP contribution in [-0.2, 0) is 0 Å². The van der Waals surface area contributed by atoms with E-state index in [0.29, 0.717) is 0 Å². The van der Waals surface area contributed by atoms with Crippen LogP contribution in [0.3, 0.4) is 0 Å². The highest BCUT2D eigenvalue weighted by molar-refractivity contribution is 7.12. The zero-order valence-electron chi connectivity index (χ0n) is 15.4. The van der Waals surface area contributed by atoms with Crippen molar-refractivity contribution >= 4 is 28.3 Å². The van der Waals surface area contributed by atoms with E-state index >= 15 is 0 Å². The number of fused-ring (bicyclic) bond motifs is 1. The van der Waals surface area contributed by atoms with Crippen molar-refractivity contribution in [3.8, 4) is 0 Å². The van der Waals surface area contributed by atoms with Crippen LogP contribution in [0.4, 0.5) is 0 Å². The molecule has 4 aromatic rings. The van der Waals surface area contributed by atoms with Gasteiger partial charge in [0.05, 0.1) is 0 Å². The fourth-order valence-electron chi connectivity index (χ4n) is 4.87. The molecule has 0 atom stereocenters. The molecule has 0 aliphatic carbocycles. The molecule has 0 amide bonds. The van der Waals surface area contributed by atoms with Gasteiger partial charge in [0.1, 0.15) is 0 Å². The molecule has 3 aromatic carbocycles. The van der Waals surface area contributed by atoms with Crippen molar-refractivity contribution in [2.24, 2.45) is 0 Å². The summed E-state index contributed by atoms with van der Waals surface area (Å²) in [7, 11) is 0. The van der Waals surface area contributed by atoms with Gasteiger partial charge in [-0.2, -0.15) is 0 Å². The Morgan fingerprint density at radius 2 is 1.11 bits per heavy atom. The molecule has 1 aliphatic heterocycles. The van der Waals surface area contributed by atoms with E-state index in [2.05, 4.69) is 120 Å². The molecule has 0 unspecified atom stereocenters. The van der Waals surface area contributed by atoms with Crippen LogP contribution >= 0.6 is 0 Å². The Labute approximate surface area is 160 Å². The minimum atomic E-state index is -1.36. The minimum absolute atomic E-state index is 1.22. The second-order valence-corrected chi connectivity index (χ2v) is 7.24. The maximum Gasteiger partial charge on any atom is 0.420 e. The molecular formula is C25H21BO. The summed E-state index contributed by atoms with van der Waals surface area (Å²) in [6, 6.07) is 36.9. The predicted octanol–water partition coefficient (Wildman–Crippen LogP) is 5.06. The van der Waals surface area contributed by atoms with E-state index in [1.807, 2.05) is 0 Å². The molecule has 2 heterocycles. The molecule has 27 heavy (non-hydrogen) atoms. The standard InChI is InChI=1S/C25H21BO/c1-20-24-18-11-19-27(24)26(22-14-7-3-8-15-22,23-16-9-4-10-17-23)25(20)21-12-5-2-6-13-21/h2-19H,1H3. The molecule has 0 radical (unpaired) electrons. The lowest BCUT2D eigenvalue weighted by Gasteiger charge is -2.39. The first kappa shape index (κ1) is 16.0. The fourth-order valence-corrected chi connectivity index (χ4v) is 4.87. The lowest BCUT2D eigenvalue weighted by Crippen LogP contribution is -2.59. The van der Waals surface area contributed by atoms with Crippen molar-refractivity contribution < 1.29 is 3.96 Å². The third kappa shape index (κ3) is 2.20. The summed E-state index contributed by atoms with van der Waals surface area (Å²) in [6.07, 6.45) is 0.800. The van der Waals surface area contributed by atoms with Gasteiger partial charge in [-0.25, -0.2) is 0 Å². The van der Waals surface area contributed by atoms with Crippen LogP contribution in [0.25, 0.3) is 11.0 Å². The molecule has 130 valence electrons. The molecule has 0 saturated carbocycles. The SMILES string of the molecule is CC1=C(c2ccccc2)[B-](c2ccccc2)(c2ccccc2)[o+]2cccc21. The molecular weight excluding hydrogens is 327 g/mol. The second kappa shape index (κ2) is 6.17. The van der Waals surface area contributed by atoms with Crippen LogP contribution in [0.5, 0.6) is 0 Å². The number of hydrogen-bond donors (Lipinski definition) is 0. The average Bonchev–Trinajstić information content (AvgIpc) is 3.31. The van der Waals surface area contributed by atoms with Crippen molar-refractivity contribution in [3.05, 3.63) is 121 Å². The van der Waals surface area contributed by atoms with E-state index in [9.17, 15) is 0 Å². The Bertz CT molecular complexity index is 1070. The highest BCUT2D eigenvalue weighted by atomic mass is 16.5. The number of furan rings is 1. The van der Waals surface area contributed by atoms with Gasteiger partial charge in [0.2, 0.25) is 5.76 Å². The van der Waals surface area contributed by atoms with Crippen molar-refractivity contribution in [2.75, 3.05) is 0 Å². The largest absolute Gasteiger partial charge is 0.777 e. The normalized spacial score (nSPS) is 15.0. The van der Waals surface area contributed by atoms with E-state index in [-0.39, 0.29) is 0 Å². The van der Waals surface area contributed by atoms with Crippen molar-refractivity contribution in [3.63, 3.8) is 0 Å². The smallest absolute Gasteiger partial charge is 0.420 e. The number of hydrogen-bond acceptors (Lipinski definition) is 0. The monoisotopic (exact) mass is 348 g/mol. The third-order valence-corrected chi connectivity index (χ3v) is 5.91. The molecule has 0 saturated heterocycles. The van der Waals surface area contributed by atoms with Crippen LogP contribution in [0.2, 0.25) is 0 Å². The van der Waals surface area contributed by atoms with Gasteiger partial charge in [-0.15, -0.1) is 10.9 Å². The van der Waals surface area contributed by atoms with E-state index < -0.39 is 6.35 Å². The van der Waals surface area contributed by atoms with Gasteiger partial charge in [-0.3, -0.25) is 0 Å². The molecule has 0 N–H and O–H groups in total. The van der Waals surface area contributed by atoms with Gasteiger partial charge in [-0.1, -0.05) is 102 Å². The van der Waals surface area contributed by atoms with Crippen LogP contribution in [0, 0.1) is 0 Å². The summed E-state index contributed by atoms with van der Waals surface area (Å²) < 4.78 is 3.56. The molecule has 0 bridgehead atoms. The first-order valence-electron chi connectivity index (χ1n) is 9.48. The zero-order valence-corrected chi connectivity index (χ0v) is 15.4. The quantitative estimate of drug-likeness (QED) is 0.360. The highest BCUT2D eigenvalue weighted by Crippen LogP contribution is 2.46. The summed E-state index contributed by atoms with van der Waals surface area (Å²) in [5.74, 6) is 1.22. The predicted molar refractivity (Wildman–Crippen MR) is 116 cm³/mol. The Morgan fingerprint density at radius 3 is 1.67 bits per heavy atom. The van der Waals surface area contributed by atoms with E-state index in [4.69, 9.17) is 0 Å². The topological polar surface area (TPSA) is 2.70 Å². The van der Waals surface area contributed by atoms with Crippen molar-refractivity contribution in [1.29, 1.82) is 0 Å². The van der Waals surface area contributed by atoms with Gasteiger partial charge >= 0.3 is 6.35 Å². The molecule has 2 heteroatoms. The van der Waals surface area contributed by atoms with E-state index in [1.54, 1.807) is 0 Å². The summed E-state index contributed by atoms with van der Waals surface area (Å²) in [5, 5.41) is 0. The first-order chi connectivity index (χ1) is 13.3. The zero-order chi connectivity index (χ0) is 18.3. The van der Waals surface area contributed by atoms with Gasteiger partial charge in [-0.05, 0) is 6.92 Å². The number of allylic oxidation sites excluding steroid dienone is 1. The molecule has 5 rings (SSSR count). The van der Waals surface area contributed by atoms with Gasteiger partial charge < -0.3 is 3.96 Å². The van der Waals surface area contributed by atoms with E-state index in [1.165, 1.54) is 33.3 Å². The molecule has 1 nitrogen and oxygen atoms in total. The molecule has 0 fully saturated rings. The summed E-state index contributed by atoms with van der Waals surface area (Å²) >= 11 is 0. The number of rotatable bonds is 3. The van der Waals surface area contributed by atoms with Gasteiger partial charge in [0.25, 0.3) is 0 Å². The third-order valence-electron chi connectivity index (χ3n) is 5.91. The van der Waals surface area contributed by atoms with Crippen LogP contribution in [-0.4, -0.2) is 6.35 Å². The Morgan fingerprint density at radius 1 is 0.593 bits per heavy atom. The number of benzene rings is 3. The Kier molecular flexibility index (Phi) is 3.65. The molecule has 0 spiro atoms. The van der Waals surface area contributed by atoms with Crippen LogP contribution in [0.1, 0.15) is 18.2 Å². The van der Waals surface area contributed by atoms with Crippen LogP contribution < -0.4 is 10.9 Å². The average molecular weight is 348 g/mol. The fraction of sp³-hybridized carbons (Fsp3) is 0.0400. The first-order valence-corrected chi connectivity index (χ1v) is 9.48. The Hall–Kier alpha value is -3.26. The molecule has 1 aliphatic rings. The lowest BCUT2D eigenvalue weighted by molar-refractivity contribution is 0.375. The van der Waals surface area contributed by atoms with Crippen molar-refractivity contribution in [1.82, 2.24) is 0 Å². The summed E-state index contributed by atoms with van der Waals surface area (Å²) in [6.45, 7) is 2.25. The van der Waals surface area contributed by atoms with E-state index in [0.717, 1.165) is 0 Å². The highest BCUT2D eigenvalue weighted by Gasteiger charge is 2.51. The van der Waals surface area contributed by atoms with Gasteiger partial charge in [0.15, 0.2) is 6.26 Å². The lowest BCUT2D eigenvalue weighted by atomic mass is 9.27. The second-order valence-electron chi connectivity index (χ2n) is 7.24. The Balaban J connectivity index is 1.94. The summed E-state index contributed by atoms with van der Waals surface area (Å²) in [4.78, 5) is 0. The summed E-state index contributed by atoms with van der Waals surface area (Å²) in [5.41, 5.74) is 6.60. The maximum absolute atomic E-state index is 3.56. The van der Waals surface area contributed by atoms with Gasteiger partial charge in [0, 0.05) is 17.7 Å². The van der Waals surface area contributed by atoms with Crippen LogP contribution in [0.15, 0.2) is 113 Å². The van der Waals surface area contributed by atoms with Crippen molar-refractivity contribution in [2.45, 2.75) is 6.92 Å².